The van der Waals surface area contributed by atoms with Crippen LogP contribution in [0, 0.1) is 6.92 Å². The molecule has 1 aromatic heterocycles. The van der Waals surface area contributed by atoms with E-state index < -0.39 is 0 Å². The first-order valence-electron chi connectivity index (χ1n) is 9.44. The highest BCUT2D eigenvalue weighted by atomic mass is 16.6. The minimum absolute atomic E-state index is 0.0413. The van der Waals surface area contributed by atoms with Crippen molar-refractivity contribution in [3.8, 4) is 0 Å². The fourth-order valence-corrected chi connectivity index (χ4v) is 4.08. The zero-order valence-corrected chi connectivity index (χ0v) is 15.1. The third kappa shape index (κ3) is 3.16. The van der Waals surface area contributed by atoms with Crippen LogP contribution in [-0.2, 0) is 16.0 Å². The number of nitrogens with zero attached hydrogens (tertiary/aromatic N) is 1. The van der Waals surface area contributed by atoms with E-state index in [1.165, 1.54) is 16.5 Å². The maximum absolute atomic E-state index is 12.8. The van der Waals surface area contributed by atoms with Crippen LogP contribution in [-0.4, -0.2) is 48.1 Å². The van der Waals surface area contributed by atoms with Crippen molar-refractivity contribution in [3.63, 3.8) is 0 Å². The maximum Gasteiger partial charge on any atom is 0.409 e. The second-order valence-corrected chi connectivity index (χ2v) is 7.26. The van der Waals surface area contributed by atoms with Crippen LogP contribution in [0.4, 0.5) is 4.79 Å². The Kier molecular flexibility index (Phi) is 4.57. The molecule has 6 heteroatoms. The SMILES string of the molecule is Cc1ccc2[nH]c3c(c2c1)CCC[C@@H]3C(=O)NCCN1CCCOC1=O. The van der Waals surface area contributed by atoms with Gasteiger partial charge in [0.1, 0.15) is 0 Å². The van der Waals surface area contributed by atoms with Crippen LogP contribution in [0.2, 0.25) is 0 Å². The highest BCUT2D eigenvalue weighted by molar-refractivity contribution is 5.90. The summed E-state index contributed by atoms with van der Waals surface area (Å²) in [5.41, 5.74) is 4.69. The van der Waals surface area contributed by atoms with E-state index in [2.05, 4.69) is 35.4 Å². The minimum Gasteiger partial charge on any atom is -0.449 e. The first kappa shape index (κ1) is 16.9. The van der Waals surface area contributed by atoms with Gasteiger partial charge in [0.05, 0.1) is 12.5 Å². The van der Waals surface area contributed by atoms with Gasteiger partial charge in [-0.15, -0.1) is 0 Å². The van der Waals surface area contributed by atoms with Gasteiger partial charge in [-0.2, -0.15) is 0 Å². The third-order valence-corrected chi connectivity index (χ3v) is 5.42. The number of rotatable bonds is 4. The van der Waals surface area contributed by atoms with Gasteiger partial charge in [0.15, 0.2) is 0 Å². The molecule has 2 aliphatic rings. The number of ether oxygens (including phenoxy) is 1. The summed E-state index contributed by atoms with van der Waals surface area (Å²) in [6, 6.07) is 6.39. The number of aryl methyl sites for hydroxylation is 2. The average molecular weight is 355 g/mol. The number of carbonyl (C=O) groups excluding carboxylic acids is 2. The van der Waals surface area contributed by atoms with E-state index in [-0.39, 0.29) is 17.9 Å². The molecule has 0 bridgehead atoms. The Morgan fingerprint density at radius 1 is 1.38 bits per heavy atom. The normalized spacial score (nSPS) is 20.0. The number of carbonyl (C=O) groups is 2. The average Bonchev–Trinajstić information content (AvgIpc) is 3.01. The van der Waals surface area contributed by atoms with Gasteiger partial charge >= 0.3 is 6.09 Å². The topological polar surface area (TPSA) is 74.4 Å². The standard InChI is InChI=1S/C20H25N3O3/c1-13-6-7-17-16(12-13)14-4-2-5-15(18(14)22-17)19(24)21-8-10-23-9-3-11-26-20(23)25/h6-7,12,15,22H,2-5,8-11H2,1H3,(H,21,24)/t15-/m0/s1. The van der Waals surface area contributed by atoms with E-state index in [0.29, 0.717) is 26.2 Å². The van der Waals surface area contributed by atoms with Crippen molar-refractivity contribution < 1.29 is 14.3 Å². The molecule has 2 amide bonds. The lowest BCUT2D eigenvalue weighted by Crippen LogP contribution is -2.43. The summed E-state index contributed by atoms with van der Waals surface area (Å²) in [7, 11) is 0. The van der Waals surface area contributed by atoms with Gasteiger partial charge in [-0.25, -0.2) is 4.79 Å². The van der Waals surface area contributed by atoms with Crippen LogP contribution < -0.4 is 5.32 Å². The second kappa shape index (κ2) is 7.02. The van der Waals surface area contributed by atoms with Gasteiger partial charge in [-0.1, -0.05) is 11.6 Å². The number of hydrogen-bond donors (Lipinski definition) is 2. The Bertz CT molecular complexity index is 842. The number of nitrogens with one attached hydrogen (secondary N) is 2. The molecule has 6 nitrogen and oxygen atoms in total. The van der Waals surface area contributed by atoms with Gasteiger partial charge in [0, 0.05) is 36.2 Å². The lowest BCUT2D eigenvalue weighted by molar-refractivity contribution is -0.123. The summed E-state index contributed by atoms with van der Waals surface area (Å²) >= 11 is 0. The molecule has 0 saturated carbocycles. The number of fused-ring (bicyclic) bond motifs is 3. The zero-order chi connectivity index (χ0) is 18.1. The maximum atomic E-state index is 12.8. The van der Waals surface area contributed by atoms with Gasteiger partial charge < -0.3 is 19.9 Å². The molecule has 1 aliphatic carbocycles. The van der Waals surface area contributed by atoms with Crippen molar-refractivity contribution in [2.24, 2.45) is 0 Å². The van der Waals surface area contributed by atoms with Crippen molar-refractivity contribution in [3.05, 3.63) is 35.0 Å². The van der Waals surface area contributed by atoms with Crippen LogP contribution >= 0.6 is 0 Å². The molecule has 1 atom stereocenters. The van der Waals surface area contributed by atoms with Crippen molar-refractivity contribution in [2.45, 2.75) is 38.5 Å². The summed E-state index contributed by atoms with van der Waals surface area (Å²) in [6.45, 7) is 4.24. The van der Waals surface area contributed by atoms with E-state index in [1.807, 2.05) is 0 Å². The largest absolute Gasteiger partial charge is 0.449 e. The molecule has 138 valence electrons. The van der Waals surface area contributed by atoms with Crippen LogP contribution in [0.1, 0.15) is 42.0 Å². The first-order valence-corrected chi connectivity index (χ1v) is 9.44. The number of aromatic amines is 1. The van der Waals surface area contributed by atoms with Gasteiger partial charge in [0.2, 0.25) is 5.91 Å². The fourth-order valence-electron chi connectivity index (χ4n) is 4.08. The second-order valence-electron chi connectivity index (χ2n) is 7.26. The Morgan fingerprint density at radius 2 is 2.27 bits per heavy atom. The molecular formula is C20H25N3O3. The number of hydrogen-bond acceptors (Lipinski definition) is 3. The number of amides is 2. The van der Waals surface area contributed by atoms with E-state index >= 15 is 0 Å². The van der Waals surface area contributed by atoms with Gasteiger partial charge in [0.25, 0.3) is 0 Å². The zero-order valence-electron chi connectivity index (χ0n) is 15.1. The lowest BCUT2D eigenvalue weighted by Gasteiger charge is -2.27. The molecule has 1 fully saturated rings. The molecule has 26 heavy (non-hydrogen) atoms. The van der Waals surface area contributed by atoms with Crippen molar-refractivity contribution in [1.82, 2.24) is 15.2 Å². The Balaban J connectivity index is 1.44. The highest BCUT2D eigenvalue weighted by Gasteiger charge is 2.29. The monoisotopic (exact) mass is 355 g/mol. The molecule has 0 radical (unpaired) electrons. The van der Waals surface area contributed by atoms with Crippen LogP contribution in [0.3, 0.4) is 0 Å². The van der Waals surface area contributed by atoms with Crippen LogP contribution in [0.15, 0.2) is 18.2 Å². The Labute approximate surface area is 152 Å². The number of cyclic esters (lactones) is 1. The number of benzene rings is 1. The van der Waals surface area contributed by atoms with Crippen LogP contribution in [0.25, 0.3) is 10.9 Å². The summed E-state index contributed by atoms with van der Waals surface area (Å²) in [4.78, 5) is 29.5. The molecule has 1 aromatic carbocycles. The molecular weight excluding hydrogens is 330 g/mol. The molecule has 2 heterocycles. The molecule has 1 saturated heterocycles. The van der Waals surface area contributed by atoms with E-state index in [4.69, 9.17) is 4.74 Å². The van der Waals surface area contributed by atoms with Crippen molar-refractivity contribution in [2.75, 3.05) is 26.2 Å². The molecule has 0 unspecified atom stereocenters. The quantitative estimate of drug-likeness (QED) is 0.886. The number of aromatic nitrogens is 1. The van der Waals surface area contributed by atoms with Gasteiger partial charge in [-0.3, -0.25) is 4.79 Å². The summed E-state index contributed by atoms with van der Waals surface area (Å²) in [6.07, 6.45) is 3.46. The molecule has 2 aromatic rings. The van der Waals surface area contributed by atoms with E-state index in [0.717, 1.165) is 36.9 Å². The van der Waals surface area contributed by atoms with Crippen LogP contribution in [0.5, 0.6) is 0 Å². The molecule has 1 aliphatic heterocycles. The van der Waals surface area contributed by atoms with E-state index in [9.17, 15) is 9.59 Å². The summed E-state index contributed by atoms with van der Waals surface area (Å²) < 4.78 is 5.02. The lowest BCUT2D eigenvalue weighted by atomic mass is 9.86. The predicted octanol–water partition coefficient (Wildman–Crippen LogP) is 2.85. The molecule has 2 N–H and O–H groups in total. The first-order chi connectivity index (χ1) is 12.6. The predicted molar refractivity (Wildman–Crippen MR) is 99.3 cm³/mol. The van der Waals surface area contributed by atoms with Crippen molar-refractivity contribution >= 4 is 22.9 Å². The highest BCUT2D eigenvalue weighted by Crippen LogP contribution is 2.36. The van der Waals surface area contributed by atoms with Crippen molar-refractivity contribution in [1.29, 1.82) is 0 Å². The Morgan fingerprint density at radius 3 is 3.12 bits per heavy atom. The third-order valence-electron chi connectivity index (χ3n) is 5.42. The minimum atomic E-state index is -0.281. The molecule has 0 spiro atoms. The van der Waals surface area contributed by atoms with E-state index in [1.54, 1.807) is 4.90 Å². The Hall–Kier alpha value is -2.50. The molecule has 4 rings (SSSR count). The fraction of sp³-hybridized carbons (Fsp3) is 0.500. The number of H-pyrrole nitrogens is 1. The smallest absolute Gasteiger partial charge is 0.409 e. The van der Waals surface area contributed by atoms with Gasteiger partial charge in [-0.05, 0) is 50.3 Å². The summed E-state index contributed by atoms with van der Waals surface area (Å²) in [5, 5.41) is 4.25. The summed E-state index contributed by atoms with van der Waals surface area (Å²) in [5.74, 6) is -0.0978.